The zero-order valence-electron chi connectivity index (χ0n) is 8.37. The maximum absolute atomic E-state index is 8.60. The largest absolute Gasteiger partial charge is 0.409 e. The average molecular weight is 200 g/mol. The third-order valence-corrected chi connectivity index (χ3v) is 3.74. The van der Waals surface area contributed by atoms with E-state index < -0.39 is 0 Å². The molecule has 0 saturated carbocycles. The van der Waals surface area contributed by atoms with Crippen molar-refractivity contribution in [2.24, 2.45) is 10.1 Å². The van der Waals surface area contributed by atoms with Gasteiger partial charge in [0.2, 0.25) is 5.17 Å². The lowest BCUT2D eigenvalue weighted by Gasteiger charge is -2.21. The van der Waals surface area contributed by atoms with Crippen molar-refractivity contribution in [1.29, 1.82) is 0 Å². The topological polar surface area (TPSA) is 45.0 Å². The summed E-state index contributed by atoms with van der Waals surface area (Å²) in [6.07, 6.45) is 3.48. The van der Waals surface area contributed by atoms with Crippen molar-refractivity contribution < 1.29 is 5.21 Å². The van der Waals surface area contributed by atoms with Gasteiger partial charge in [0.05, 0.1) is 4.75 Å². The van der Waals surface area contributed by atoms with Gasteiger partial charge in [-0.05, 0) is 20.3 Å². The van der Waals surface area contributed by atoms with E-state index in [-0.39, 0.29) is 4.75 Å². The summed E-state index contributed by atoms with van der Waals surface area (Å²) in [5, 5.41) is 12.2. The molecule has 0 aromatic heterocycles. The predicted molar refractivity (Wildman–Crippen MR) is 57.9 cm³/mol. The number of unbranched alkanes of at least 4 members (excludes halogenated alkanes) is 1. The van der Waals surface area contributed by atoms with Crippen LogP contribution >= 0.6 is 11.8 Å². The van der Waals surface area contributed by atoms with Crippen molar-refractivity contribution >= 4 is 22.6 Å². The normalized spacial score (nSPS) is 31.0. The van der Waals surface area contributed by atoms with Gasteiger partial charge < -0.3 is 5.21 Å². The number of rotatable bonds is 3. The Labute approximate surface area is 83.3 Å². The second-order valence-corrected chi connectivity index (χ2v) is 4.99. The van der Waals surface area contributed by atoms with E-state index in [0.717, 1.165) is 12.1 Å². The molecule has 0 aromatic rings. The van der Waals surface area contributed by atoms with Gasteiger partial charge in [0.15, 0.2) is 0 Å². The molecular formula is C9H16N2OS. The van der Waals surface area contributed by atoms with Crippen LogP contribution in [0.1, 0.15) is 40.0 Å². The molecule has 1 aliphatic rings. The lowest BCUT2D eigenvalue weighted by atomic mass is 9.99. The molecule has 4 heteroatoms. The van der Waals surface area contributed by atoms with Gasteiger partial charge in [-0.15, -0.1) is 0 Å². The van der Waals surface area contributed by atoms with E-state index in [1.807, 2.05) is 6.92 Å². The maximum Gasteiger partial charge on any atom is 0.226 e. The fourth-order valence-corrected chi connectivity index (χ4v) is 2.41. The molecule has 3 nitrogen and oxygen atoms in total. The van der Waals surface area contributed by atoms with Crippen LogP contribution in [-0.4, -0.2) is 20.8 Å². The third-order valence-electron chi connectivity index (χ3n) is 2.44. The van der Waals surface area contributed by atoms with Gasteiger partial charge in [-0.2, -0.15) is 0 Å². The first-order chi connectivity index (χ1) is 6.12. The number of aliphatic imine (C=N–C) groups is 1. The van der Waals surface area contributed by atoms with E-state index in [1.54, 1.807) is 11.8 Å². The summed E-state index contributed by atoms with van der Waals surface area (Å²) in [6.45, 7) is 6.33. The van der Waals surface area contributed by atoms with E-state index in [9.17, 15) is 0 Å². The second-order valence-electron chi connectivity index (χ2n) is 3.52. The number of oxime groups is 1. The van der Waals surface area contributed by atoms with Gasteiger partial charge in [-0.1, -0.05) is 36.7 Å². The van der Waals surface area contributed by atoms with Crippen LogP contribution in [0.4, 0.5) is 0 Å². The Kier molecular flexibility index (Phi) is 3.36. The Bertz CT molecular complexity index is 250. The minimum Gasteiger partial charge on any atom is -0.409 e. The first-order valence-corrected chi connectivity index (χ1v) is 5.41. The van der Waals surface area contributed by atoms with E-state index in [0.29, 0.717) is 5.17 Å². The molecule has 0 spiro atoms. The summed E-state index contributed by atoms with van der Waals surface area (Å²) in [5.74, 6) is 0. The van der Waals surface area contributed by atoms with Crippen molar-refractivity contribution in [2.75, 3.05) is 0 Å². The highest BCUT2D eigenvalue weighted by Gasteiger charge is 2.35. The zero-order valence-corrected chi connectivity index (χ0v) is 9.19. The fraction of sp³-hybridized carbons (Fsp3) is 0.778. The molecule has 0 saturated heterocycles. The standard InChI is InChI=1S/C9H16N2OS/c1-4-5-6-9(3)7(2)10-8(11-12)13-9/h12H,4-6H2,1-3H3. The van der Waals surface area contributed by atoms with E-state index in [2.05, 4.69) is 24.0 Å². The van der Waals surface area contributed by atoms with Crippen molar-refractivity contribution in [3.63, 3.8) is 0 Å². The van der Waals surface area contributed by atoms with Gasteiger partial charge in [0.25, 0.3) is 0 Å². The van der Waals surface area contributed by atoms with Crippen molar-refractivity contribution in [1.82, 2.24) is 0 Å². The molecule has 0 radical (unpaired) electrons. The summed E-state index contributed by atoms with van der Waals surface area (Å²) < 4.78 is 0.0531. The molecule has 1 N–H and O–H groups in total. The molecule has 0 aliphatic carbocycles. The molecule has 74 valence electrons. The summed E-state index contributed by atoms with van der Waals surface area (Å²) in [7, 11) is 0. The zero-order chi connectivity index (χ0) is 9.90. The van der Waals surface area contributed by atoms with Crippen LogP contribution in [0.15, 0.2) is 10.1 Å². The molecule has 0 amide bonds. The van der Waals surface area contributed by atoms with Crippen LogP contribution in [0.25, 0.3) is 0 Å². The summed E-state index contributed by atoms with van der Waals surface area (Å²) in [6, 6.07) is 0. The number of amidine groups is 1. The van der Waals surface area contributed by atoms with Crippen LogP contribution in [-0.2, 0) is 0 Å². The monoisotopic (exact) mass is 200 g/mol. The van der Waals surface area contributed by atoms with Crippen molar-refractivity contribution in [3.05, 3.63) is 0 Å². The fourth-order valence-electron chi connectivity index (χ4n) is 1.35. The van der Waals surface area contributed by atoms with Crippen LogP contribution in [0, 0.1) is 0 Å². The quantitative estimate of drug-likeness (QED) is 0.562. The molecule has 0 aromatic carbocycles. The Hall–Kier alpha value is -0.510. The number of thioether (sulfide) groups is 1. The van der Waals surface area contributed by atoms with E-state index >= 15 is 0 Å². The molecule has 1 unspecified atom stereocenters. The third kappa shape index (κ3) is 2.24. The Balaban J connectivity index is 2.67. The average Bonchev–Trinajstić information content (AvgIpc) is 2.40. The molecular weight excluding hydrogens is 184 g/mol. The summed E-state index contributed by atoms with van der Waals surface area (Å²) in [4.78, 5) is 4.19. The first kappa shape index (κ1) is 10.6. The van der Waals surface area contributed by atoms with Crippen LogP contribution in [0.5, 0.6) is 0 Å². The highest BCUT2D eigenvalue weighted by atomic mass is 32.2. The van der Waals surface area contributed by atoms with Crippen LogP contribution in [0.2, 0.25) is 0 Å². The second kappa shape index (κ2) is 4.13. The SMILES string of the molecule is CCCCC1(C)SC(=NO)N=C1C. The minimum atomic E-state index is 0.0531. The van der Waals surface area contributed by atoms with E-state index in [1.165, 1.54) is 12.8 Å². The summed E-state index contributed by atoms with van der Waals surface area (Å²) in [5.41, 5.74) is 1.07. The molecule has 1 rings (SSSR count). The number of nitrogens with zero attached hydrogens (tertiary/aromatic N) is 2. The van der Waals surface area contributed by atoms with E-state index in [4.69, 9.17) is 5.21 Å². The Morgan fingerprint density at radius 2 is 2.31 bits per heavy atom. The molecule has 0 bridgehead atoms. The van der Waals surface area contributed by atoms with Gasteiger partial charge in [0, 0.05) is 5.71 Å². The van der Waals surface area contributed by atoms with Crippen molar-refractivity contribution in [3.8, 4) is 0 Å². The molecule has 1 heterocycles. The van der Waals surface area contributed by atoms with Gasteiger partial charge >= 0.3 is 0 Å². The Morgan fingerprint density at radius 3 is 2.77 bits per heavy atom. The highest BCUT2D eigenvalue weighted by Crippen LogP contribution is 2.38. The smallest absolute Gasteiger partial charge is 0.226 e. The highest BCUT2D eigenvalue weighted by molar-refractivity contribution is 8.16. The summed E-state index contributed by atoms with van der Waals surface area (Å²) >= 11 is 1.56. The Morgan fingerprint density at radius 1 is 1.62 bits per heavy atom. The number of hydrogen-bond donors (Lipinski definition) is 1. The lowest BCUT2D eigenvalue weighted by molar-refractivity contribution is 0.320. The molecule has 1 aliphatic heterocycles. The van der Waals surface area contributed by atoms with Crippen LogP contribution in [0.3, 0.4) is 0 Å². The van der Waals surface area contributed by atoms with Gasteiger partial charge in [0.1, 0.15) is 0 Å². The molecule has 13 heavy (non-hydrogen) atoms. The maximum atomic E-state index is 8.60. The number of hydrogen-bond acceptors (Lipinski definition) is 3. The lowest BCUT2D eigenvalue weighted by Crippen LogP contribution is -2.25. The first-order valence-electron chi connectivity index (χ1n) is 4.59. The van der Waals surface area contributed by atoms with Gasteiger partial charge in [-0.3, -0.25) is 0 Å². The molecule has 1 atom stereocenters. The predicted octanol–water partition coefficient (Wildman–Crippen LogP) is 2.89. The van der Waals surface area contributed by atoms with Gasteiger partial charge in [-0.25, -0.2) is 4.99 Å². The van der Waals surface area contributed by atoms with Crippen molar-refractivity contribution in [2.45, 2.75) is 44.8 Å². The molecule has 0 fully saturated rings. The van der Waals surface area contributed by atoms with Crippen LogP contribution < -0.4 is 0 Å². The minimum absolute atomic E-state index is 0.0531.